The molecule has 1 atom stereocenters. The van der Waals surface area contributed by atoms with Crippen LogP contribution in [0.5, 0.6) is 0 Å². The molecule has 0 amide bonds. The fourth-order valence-electron chi connectivity index (χ4n) is 1.96. The van der Waals surface area contributed by atoms with Crippen LogP contribution in [0.1, 0.15) is 32.6 Å². The summed E-state index contributed by atoms with van der Waals surface area (Å²) in [7, 11) is -1.70. The molecule has 1 N–H and O–H groups in total. The van der Waals surface area contributed by atoms with E-state index in [-0.39, 0.29) is 15.0 Å². The summed E-state index contributed by atoms with van der Waals surface area (Å²) in [5.41, 5.74) is 0. The third-order valence-corrected chi connectivity index (χ3v) is 12.7. The molecule has 20 heavy (non-hydrogen) atoms. The number of hydrogen-bond donors (Lipinski definition) is 1. The molecule has 0 aliphatic heterocycles. The summed E-state index contributed by atoms with van der Waals surface area (Å²) >= 11 is 0.0496. The zero-order valence-corrected chi connectivity index (χ0v) is 15.7. The van der Waals surface area contributed by atoms with Gasteiger partial charge in [-0.05, 0) is 0 Å². The molecule has 2 nitrogen and oxygen atoms in total. The molecule has 112 valence electrons. The molecule has 0 heterocycles. The number of ketones is 1. The van der Waals surface area contributed by atoms with Crippen molar-refractivity contribution >= 4 is 33.3 Å². The van der Waals surface area contributed by atoms with Crippen molar-refractivity contribution in [1.29, 1.82) is 0 Å². The molecule has 0 bridgehead atoms. The van der Waals surface area contributed by atoms with Crippen LogP contribution in [0.4, 0.5) is 0 Å². The molecule has 0 spiro atoms. The van der Waals surface area contributed by atoms with Gasteiger partial charge >= 0.3 is 130 Å². The van der Waals surface area contributed by atoms with Gasteiger partial charge in [0.1, 0.15) is 0 Å². The van der Waals surface area contributed by atoms with E-state index in [1.54, 1.807) is 0 Å². The second kappa shape index (κ2) is 7.55. The topological polar surface area (TPSA) is 37.3 Å². The van der Waals surface area contributed by atoms with Gasteiger partial charge in [0.25, 0.3) is 0 Å². The second-order valence-electron chi connectivity index (χ2n) is 6.20. The zero-order chi connectivity index (χ0) is 15.2. The van der Waals surface area contributed by atoms with Crippen molar-refractivity contribution in [2.24, 2.45) is 0 Å². The SMILES string of the molecule is CCC(=O)CCCC(O)([Se]c1ccccc1)[Si](C)(C)C. The predicted octanol–water partition coefficient (Wildman–Crippen LogP) is 2.73. The Labute approximate surface area is 130 Å². The van der Waals surface area contributed by atoms with Gasteiger partial charge in [0, 0.05) is 0 Å². The van der Waals surface area contributed by atoms with E-state index in [1.165, 1.54) is 4.46 Å². The minimum atomic E-state index is -1.70. The summed E-state index contributed by atoms with van der Waals surface area (Å²) in [4.78, 5) is 11.4. The van der Waals surface area contributed by atoms with Crippen LogP contribution < -0.4 is 4.46 Å². The number of aliphatic hydroxyl groups is 1. The average Bonchev–Trinajstić information content (AvgIpc) is 2.38. The van der Waals surface area contributed by atoms with E-state index in [2.05, 4.69) is 31.8 Å². The van der Waals surface area contributed by atoms with Crippen molar-refractivity contribution in [3.05, 3.63) is 30.3 Å². The third kappa shape index (κ3) is 5.17. The van der Waals surface area contributed by atoms with E-state index >= 15 is 0 Å². The Morgan fingerprint density at radius 1 is 1.25 bits per heavy atom. The van der Waals surface area contributed by atoms with Crippen LogP contribution in [0.25, 0.3) is 0 Å². The van der Waals surface area contributed by atoms with E-state index in [0.29, 0.717) is 18.6 Å². The Bertz CT molecular complexity index is 428. The first-order chi connectivity index (χ1) is 9.28. The van der Waals surface area contributed by atoms with Crippen LogP contribution in [0.3, 0.4) is 0 Å². The molecule has 0 aliphatic rings. The van der Waals surface area contributed by atoms with Crippen molar-refractivity contribution < 1.29 is 9.90 Å². The van der Waals surface area contributed by atoms with Crippen molar-refractivity contribution in [1.82, 2.24) is 0 Å². The first-order valence-corrected chi connectivity index (χ1v) is 12.5. The summed E-state index contributed by atoms with van der Waals surface area (Å²) < 4.78 is 0.668. The molecule has 1 aromatic carbocycles. The van der Waals surface area contributed by atoms with Gasteiger partial charge in [-0.3, -0.25) is 0 Å². The van der Waals surface area contributed by atoms with Gasteiger partial charge in [-0.1, -0.05) is 0 Å². The van der Waals surface area contributed by atoms with E-state index in [9.17, 15) is 9.90 Å². The molecular weight excluding hydrogens is 331 g/mol. The maximum atomic E-state index is 11.4. The number of benzene rings is 1. The Balaban J connectivity index is 2.74. The fraction of sp³-hybridized carbons (Fsp3) is 0.562. The van der Waals surface area contributed by atoms with Gasteiger partial charge in [-0.15, -0.1) is 0 Å². The Hall–Kier alpha value is -0.414. The molecule has 0 fully saturated rings. The van der Waals surface area contributed by atoms with Crippen LogP contribution in [-0.4, -0.2) is 38.0 Å². The van der Waals surface area contributed by atoms with Crippen molar-refractivity contribution in [2.45, 2.75) is 56.4 Å². The molecular formula is C16H26O2SeSi. The number of Topliss-reactive ketones (excluding diaryl/α,β-unsaturated/α-hetero) is 1. The monoisotopic (exact) mass is 358 g/mol. The summed E-state index contributed by atoms with van der Waals surface area (Å²) in [6.07, 6.45) is 2.77. The summed E-state index contributed by atoms with van der Waals surface area (Å²) in [5, 5.41) is 11.2. The van der Waals surface area contributed by atoms with Gasteiger partial charge in [0.15, 0.2) is 0 Å². The Kier molecular flexibility index (Phi) is 6.66. The van der Waals surface area contributed by atoms with Crippen LogP contribution in [0, 0.1) is 0 Å². The molecule has 0 saturated carbocycles. The van der Waals surface area contributed by atoms with Crippen LogP contribution in [0.15, 0.2) is 30.3 Å². The summed E-state index contributed by atoms with van der Waals surface area (Å²) in [6, 6.07) is 10.3. The number of carbonyl (C=O) groups excluding carboxylic acids is 1. The summed E-state index contributed by atoms with van der Waals surface area (Å²) in [5.74, 6) is 0.301. The zero-order valence-electron chi connectivity index (χ0n) is 13.0. The third-order valence-electron chi connectivity index (χ3n) is 3.57. The molecule has 1 aromatic rings. The van der Waals surface area contributed by atoms with E-state index in [0.717, 1.165) is 12.8 Å². The van der Waals surface area contributed by atoms with E-state index in [4.69, 9.17) is 0 Å². The van der Waals surface area contributed by atoms with Crippen molar-refractivity contribution in [3.8, 4) is 0 Å². The van der Waals surface area contributed by atoms with Gasteiger partial charge < -0.3 is 0 Å². The Morgan fingerprint density at radius 2 is 1.85 bits per heavy atom. The van der Waals surface area contributed by atoms with E-state index < -0.39 is 12.2 Å². The molecule has 4 heteroatoms. The van der Waals surface area contributed by atoms with Crippen molar-refractivity contribution in [3.63, 3.8) is 0 Å². The second-order valence-corrected chi connectivity index (χ2v) is 15.2. The van der Waals surface area contributed by atoms with Crippen molar-refractivity contribution in [2.75, 3.05) is 0 Å². The van der Waals surface area contributed by atoms with Crippen LogP contribution in [-0.2, 0) is 4.79 Å². The van der Waals surface area contributed by atoms with Crippen LogP contribution in [0.2, 0.25) is 19.6 Å². The fourth-order valence-corrected chi connectivity index (χ4v) is 7.69. The average molecular weight is 357 g/mol. The number of rotatable bonds is 8. The van der Waals surface area contributed by atoms with Gasteiger partial charge in [0.05, 0.1) is 0 Å². The molecule has 1 unspecified atom stereocenters. The maximum absolute atomic E-state index is 11.4. The number of hydrogen-bond acceptors (Lipinski definition) is 2. The number of carbonyl (C=O) groups is 1. The minimum absolute atomic E-state index is 0.0496. The van der Waals surface area contributed by atoms with Gasteiger partial charge in [-0.2, -0.15) is 0 Å². The van der Waals surface area contributed by atoms with E-state index in [1.807, 2.05) is 25.1 Å². The van der Waals surface area contributed by atoms with Crippen LogP contribution >= 0.6 is 0 Å². The predicted molar refractivity (Wildman–Crippen MR) is 89.3 cm³/mol. The normalized spacial score (nSPS) is 14.8. The standard InChI is InChI=1S/C16H26O2SeSi/c1-5-14(17)10-9-13-16(18,20(2,3)4)19-15-11-7-6-8-12-15/h6-8,11-12,18H,5,9-10,13H2,1-4H3. The molecule has 0 aromatic heterocycles. The first kappa shape index (κ1) is 17.6. The molecule has 0 aliphatic carbocycles. The summed E-state index contributed by atoms with van der Waals surface area (Å²) in [6.45, 7) is 8.57. The van der Waals surface area contributed by atoms with Gasteiger partial charge in [0.2, 0.25) is 0 Å². The molecule has 0 radical (unpaired) electrons. The molecule has 0 saturated heterocycles. The first-order valence-electron chi connectivity index (χ1n) is 7.26. The molecule has 1 rings (SSSR count). The van der Waals surface area contributed by atoms with Gasteiger partial charge in [-0.25, -0.2) is 0 Å². The quantitative estimate of drug-likeness (QED) is 0.727. The Morgan fingerprint density at radius 3 is 2.35 bits per heavy atom.